The Bertz CT molecular complexity index is 1240. The minimum Gasteiger partial charge on any atom is -0.352 e. The lowest BCUT2D eigenvalue weighted by Crippen LogP contribution is -2.54. The molecule has 0 spiro atoms. The largest absolute Gasteiger partial charge is 0.352 e. The Morgan fingerprint density at radius 3 is 2.26 bits per heavy atom. The molecule has 0 unspecified atom stereocenters. The Morgan fingerprint density at radius 2 is 1.71 bits per heavy atom. The highest BCUT2D eigenvalue weighted by molar-refractivity contribution is 7.90. The van der Waals surface area contributed by atoms with Gasteiger partial charge in [0.2, 0.25) is 11.8 Å². The highest BCUT2D eigenvalue weighted by atomic mass is 35.5. The molecule has 2 amide bonds. The van der Waals surface area contributed by atoms with Crippen LogP contribution in [0.4, 0.5) is 10.1 Å². The number of carbonyl (C=O) groups is 2. The molecule has 0 aromatic heterocycles. The molecular formula is C26H33Cl2FN4O4S. The van der Waals surface area contributed by atoms with Gasteiger partial charge in [0.1, 0.15) is 18.4 Å². The van der Waals surface area contributed by atoms with Crippen LogP contribution >= 0.6 is 23.2 Å². The maximum Gasteiger partial charge on any atom is 0.304 e. The number of hydrogen-bond acceptors (Lipinski definition) is 4. The molecule has 2 aromatic rings. The van der Waals surface area contributed by atoms with Gasteiger partial charge in [-0.3, -0.25) is 9.59 Å². The van der Waals surface area contributed by atoms with E-state index in [0.717, 1.165) is 46.4 Å². The number of hydrogen-bond donors (Lipinski definition) is 1. The topological polar surface area (TPSA) is 90.0 Å². The van der Waals surface area contributed by atoms with Crippen molar-refractivity contribution in [2.24, 2.45) is 0 Å². The van der Waals surface area contributed by atoms with Crippen LogP contribution in [0, 0.1) is 5.82 Å². The van der Waals surface area contributed by atoms with Crippen molar-refractivity contribution >= 4 is 50.9 Å². The van der Waals surface area contributed by atoms with Crippen LogP contribution in [0.3, 0.4) is 0 Å². The van der Waals surface area contributed by atoms with E-state index in [1.807, 2.05) is 0 Å². The molecule has 38 heavy (non-hydrogen) atoms. The van der Waals surface area contributed by atoms with E-state index in [4.69, 9.17) is 23.2 Å². The van der Waals surface area contributed by atoms with Crippen LogP contribution in [0.15, 0.2) is 42.5 Å². The second-order valence-corrected chi connectivity index (χ2v) is 12.4. The minimum absolute atomic E-state index is 0.0370. The first-order valence-corrected chi connectivity index (χ1v) is 14.6. The number of carbonyl (C=O) groups excluding carboxylic acids is 2. The maximum atomic E-state index is 13.9. The number of amides is 2. The number of nitrogens with zero attached hydrogens (tertiary/aromatic N) is 3. The van der Waals surface area contributed by atoms with E-state index in [0.29, 0.717) is 22.0 Å². The highest BCUT2D eigenvalue weighted by Gasteiger charge is 2.35. The number of benzene rings is 2. The average Bonchev–Trinajstić information content (AvgIpc) is 3.37. The lowest BCUT2D eigenvalue weighted by atomic mass is 10.1. The summed E-state index contributed by atoms with van der Waals surface area (Å²) in [7, 11) is -1.46. The van der Waals surface area contributed by atoms with Crippen molar-refractivity contribution in [1.29, 1.82) is 0 Å². The Kier molecular flexibility index (Phi) is 10.4. The summed E-state index contributed by atoms with van der Waals surface area (Å²) < 4.78 is 41.9. The van der Waals surface area contributed by atoms with E-state index in [9.17, 15) is 22.4 Å². The third-order valence-corrected chi connectivity index (χ3v) is 8.98. The van der Waals surface area contributed by atoms with Crippen molar-refractivity contribution < 1.29 is 22.4 Å². The second kappa shape index (κ2) is 13.1. The normalized spacial score (nSPS) is 14.9. The van der Waals surface area contributed by atoms with Gasteiger partial charge in [0.25, 0.3) is 0 Å². The van der Waals surface area contributed by atoms with Gasteiger partial charge in [0.15, 0.2) is 0 Å². The Labute approximate surface area is 233 Å². The monoisotopic (exact) mass is 586 g/mol. The van der Waals surface area contributed by atoms with Gasteiger partial charge in [0.05, 0.1) is 5.69 Å². The molecule has 0 heterocycles. The van der Waals surface area contributed by atoms with Crippen LogP contribution in [0.1, 0.15) is 44.6 Å². The predicted octanol–water partition coefficient (Wildman–Crippen LogP) is 4.61. The lowest BCUT2D eigenvalue weighted by molar-refractivity contribution is -0.140. The second-order valence-electron chi connectivity index (χ2n) is 9.44. The zero-order valence-electron chi connectivity index (χ0n) is 21.7. The molecule has 1 fully saturated rings. The van der Waals surface area contributed by atoms with E-state index in [1.54, 1.807) is 25.1 Å². The molecule has 12 heteroatoms. The summed E-state index contributed by atoms with van der Waals surface area (Å²) in [5.74, 6) is -1.46. The molecule has 1 aliphatic rings. The summed E-state index contributed by atoms with van der Waals surface area (Å²) in [5.41, 5.74) is 0.668. The molecule has 8 nitrogen and oxygen atoms in total. The van der Waals surface area contributed by atoms with Gasteiger partial charge >= 0.3 is 10.2 Å². The summed E-state index contributed by atoms with van der Waals surface area (Å²) in [5, 5.41) is 3.78. The standard InChI is InChI=1S/C26H33Cl2FN4O4S/c1-4-24(26(35)30-21-7-5-6-8-21)32(16-18-9-10-19(27)15-23(18)28)25(34)17-33(38(36,37)31(2)3)22-13-11-20(29)12-14-22/h9-15,21,24H,4-8,16-17H2,1-3H3,(H,30,35)/t24-/m0/s1. The van der Waals surface area contributed by atoms with Gasteiger partial charge in [-0.05, 0) is 61.2 Å². The van der Waals surface area contributed by atoms with E-state index >= 15 is 0 Å². The molecule has 0 radical (unpaired) electrons. The Balaban J connectivity index is 1.98. The zero-order valence-corrected chi connectivity index (χ0v) is 24.0. The lowest BCUT2D eigenvalue weighted by Gasteiger charge is -2.34. The molecule has 0 saturated heterocycles. The van der Waals surface area contributed by atoms with E-state index in [2.05, 4.69) is 5.32 Å². The third-order valence-electron chi connectivity index (χ3n) is 6.58. The van der Waals surface area contributed by atoms with Gasteiger partial charge in [-0.2, -0.15) is 12.7 Å². The third kappa shape index (κ3) is 7.37. The van der Waals surface area contributed by atoms with Crippen LogP contribution in [-0.4, -0.2) is 62.2 Å². The molecule has 3 rings (SSSR count). The van der Waals surface area contributed by atoms with Crippen molar-refractivity contribution in [1.82, 2.24) is 14.5 Å². The number of nitrogens with one attached hydrogen (secondary N) is 1. The van der Waals surface area contributed by atoms with Crippen molar-refractivity contribution in [2.75, 3.05) is 24.9 Å². The molecule has 1 atom stereocenters. The van der Waals surface area contributed by atoms with Crippen LogP contribution < -0.4 is 9.62 Å². The van der Waals surface area contributed by atoms with Crippen molar-refractivity contribution in [3.05, 3.63) is 63.9 Å². The fourth-order valence-electron chi connectivity index (χ4n) is 4.44. The first kappa shape index (κ1) is 30.1. The fourth-order valence-corrected chi connectivity index (χ4v) is 5.97. The van der Waals surface area contributed by atoms with Crippen LogP contribution in [0.5, 0.6) is 0 Å². The molecule has 0 aliphatic heterocycles. The first-order valence-electron chi connectivity index (χ1n) is 12.4. The molecular weight excluding hydrogens is 554 g/mol. The van der Waals surface area contributed by atoms with Crippen molar-refractivity contribution in [2.45, 2.75) is 57.7 Å². The minimum atomic E-state index is -4.14. The molecule has 0 bridgehead atoms. The summed E-state index contributed by atoms with van der Waals surface area (Å²) in [6.45, 7) is 1.15. The first-order chi connectivity index (χ1) is 17.9. The van der Waals surface area contributed by atoms with Gasteiger partial charge in [0, 0.05) is 36.7 Å². The fraction of sp³-hybridized carbons (Fsp3) is 0.462. The Hall–Kier alpha value is -2.40. The average molecular weight is 588 g/mol. The maximum absolute atomic E-state index is 13.9. The number of rotatable bonds is 11. The van der Waals surface area contributed by atoms with Crippen LogP contribution in [0.2, 0.25) is 10.0 Å². The van der Waals surface area contributed by atoms with Crippen LogP contribution in [0.25, 0.3) is 0 Å². The van der Waals surface area contributed by atoms with E-state index in [-0.39, 0.29) is 24.2 Å². The Morgan fingerprint density at radius 1 is 1.08 bits per heavy atom. The molecule has 1 aliphatic carbocycles. The van der Waals surface area contributed by atoms with Gasteiger partial charge in [-0.1, -0.05) is 49.0 Å². The van der Waals surface area contributed by atoms with Crippen molar-refractivity contribution in [3.63, 3.8) is 0 Å². The summed E-state index contributed by atoms with van der Waals surface area (Å²) in [6.07, 6.45) is 4.10. The summed E-state index contributed by atoms with van der Waals surface area (Å²) in [4.78, 5) is 28.6. The molecule has 1 saturated carbocycles. The summed E-state index contributed by atoms with van der Waals surface area (Å²) >= 11 is 12.4. The summed E-state index contributed by atoms with van der Waals surface area (Å²) in [6, 6.07) is 8.82. The smallest absolute Gasteiger partial charge is 0.304 e. The molecule has 208 valence electrons. The van der Waals surface area contributed by atoms with Gasteiger partial charge < -0.3 is 10.2 Å². The SMILES string of the molecule is CC[C@@H](C(=O)NC1CCCC1)N(Cc1ccc(Cl)cc1Cl)C(=O)CN(c1ccc(F)cc1)S(=O)(=O)N(C)C. The van der Waals surface area contributed by atoms with E-state index in [1.165, 1.54) is 31.1 Å². The van der Waals surface area contributed by atoms with Gasteiger partial charge in [-0.25, -0.2) is 8.70 Å². The van der Waals surface area contributed by atoms with Crippen molar-refractivity contribution in [3.8, 4) is 0 Å². The number of anilines is 1. The molecule has 1 N–H and O–H groups in total. The zero-order chi connectivity index (χ0) is 28.0. The predicted molar refractivity (Wildman–Crippen MR) is 148 cm³/mol. The quantitative estimate of drug-likeness (QED) is 0.416. The van der Waals surface area contributed by atoms with E-state index < -0.39 is 34.5 Å². The van der Waals surface area contributed by atoms with Gasteiger partial charge in [-0.15, -0.1) is 0 Å². The van der Waals surface area contributed by atoms with Crippen LogP contribution in [-0.2, 0) is 26.3 Å². The number of halogens is 3. The highest BCUT2D eigenvalue weighted by Crippen LogP contribution is 2.26. The molecule has 2 aromatic carbocycles.